The zero-order valence-corrected chi connectivity index (χ0v) is 11.1. The van der Waals surface area contributed by atoms with Gasteiger partial charge in [0.2, 0.25) is 0 Å². The first kappa shape index (κ1) is 13.1. The summed E-state index contributed by atoms with van der Waals surface area (Å²) in [5.41, 5.74) is 1.58. The number of benzene rings is 1. The van der Waals surface area contributed by atoms with E-state index in [4.69, 9.17) is 4.74 Å². The van der Waals surface area contributed by atoms with E-state index in [-0.39, 0.29) is 5.91 Å². The van der Waals surface area contributed by atoms with Crippen LogP contribution in [0.5, 0.6) is 5.75 Å². The topological polar surface area (TPSA) is 67.0 Å². The Morgan fingerprint density at radius 1 is 1.47 bits per heavy atom. The summed E-state index contributed by atoms with van der Waals surface area (Å²) in [6.07, 6.45) is 4.13. The van der Waals surface area contributed by atoms with E-state index in [1.807, 2.05) is 19.1 Å². The number of carbonyl (C=O) groups excluding carboxylic acids is 1. The lowest BCUT2D eigenvalue weighted by atomic mass is 10.1. The minimum Gasteiger partial charge on any atom is -0.496 e. The van der Waals surface area contributed by atoms with Crippen LogP contribution in [-0.2, 0) is 6.42 Å². The molecule has 0 aliphatic heterocycles. The molecule has 0 aliphatic rings. The maximum atomic E-state index is 12.1. The zero-order valence-electron chi connectivity index (χ0n) is 11.1. The fraction of sp³-hybridized carbons (Fsp3) is 0.286. The molecule has 0 bridgehead atoms. The van der Waals surface area contributed by atoms with E-state index in [1.165, 1.54) is 0 Å². The number of hydrogen-bond acceptors (Lipinski definition) is 3. The molecule has 0 atom stereocenters. The van der Waals surface area contributed by atoms with Crippen molar-refractivity contribution in [1.82, 2.24) is 15.3 Å². The second-order valence-corrected chi connectivity index (χ2v) is 4.25. The molecule has 1 heterocycles. The Hall–Kier alpha value is -2.30. The number of amides is 1. The Bertz CT molecular complexity index is 550. The molecule has 0 spiro atoms. The van der Waals surface area contributed by atoms with Gasteiger partial charge in [0.15, 0.2) is 0 Å². The molecule has 0 saturated carbocycles. The summed E-state index contributed by atoms with van der Waals surface area (Å²) in [5.74, 6) is 1.31. The number of aromatic amines is 1. The lowest BCUT2D eigenvalue weighted by Gasteiger charge is -2.09. The molecular weight excluding hydrogens is 242 g/mol. The maximum absolute atomic E-state index is 12.1. The minimum atomic E-state index is -0.132. The van der Waals surface area contributed by atoms with Crippen molar-refractivity contribution < 1.29 is 9.53 Å². The van der Waals surface area contributed by atoms with Crippen LogP contribution in [0.1, 0.15) is 21.7 Å². The number of imidazole rings is 1. The summed E-state index contributed by atoms with van der Waals surface area (Å²) in [4.78, 5) is 19.2. The summed E-state index contributed by atoms with van der Waals surface area (Å²) in [5, 5.41) is 2.86. The molecule has 0 fully saturated rings. The van der Waals surface area contributed by atoms with Crippen molar-refractivity contribution in [2.45, 2.75) is 13.3 Å². The van der Waals surface area contributed by atoms with E-state index in [0.29, 0.717) is 24.3 Å². The van der Waals surface area contributed by atoms with E-state index in [2.05, 4.69) is 15.3 Å². The Kier molecular flexibility index (Phi) is 4.18. The van der Waals surface area contributed by atoms with Crippen molar-refractivity contribution in [3.63, 3.8) is 0 Å². The van der Waals surface area contributed by atoms with Gasteiger partial charge >= 0.3 is 0 Å². The molecule has 1 aromatic carbocycles. The predicted molar refractivity (Wildman–Crippen MR) is 72.4 cm³/mol. The van der Waals surface area contributed by atoms with Crippen molar-refractivity contribution in [1.29, 1.82) is 0 Å². The third kappa shape index (κ3) is 3.34. The standard InChI is InChI=1S/C14H17N3O2/c1-10-3-4-12(19-2)11(9-10)14(18)17-6-5-13-15-7-8-16-13/h3-4,7-9H,5-6H2,1-2H3,(H,15,16)(H,17,18). The molecule has 5 nitrogen and oxygen atoms in total. The largest absolute Gasteiger partial charge is 0.496 e. The predicted octanol–water partition coefficient (Wildman–Crippen LogP) is 1.70. The van der Waals surface area contributed by atoms with Crippen molar-refractivity contribution in [3.05, 3.63) is 47.5 Å². The molecule has 100 valence electrons. The second kappa shape index (κ2) is 6.04. The van der Waals surface area contributed by atoms with Gasteiger partial charge in [-0.25, -0.2) is 4.98 Å². The van der Waals surface area contributed by atoms with E-state index in [9.17, 15) is 4.79 Å². The van der Waals surface area contributed by atoms with E-state index in [0.717, 1.165) is 11.4 Å². The minimum absolute atomic E-state index is 0.132. The van der Waals surface area contributed by atoms with Gasteiger partial charge in [-0.2, -0.15) is 0 Å². The van der Waals surface area contributed by atoms with Crippen LogP contribution >= 0.6 is 0 Å². The van der Waals surface area contributed by atoms with Crippen LogP contribution in [0, 0.1) is 6.92 Å². The van der Waals surface area contributed by atoms with Crippen molar-refractivity contribution in [2.24, 2.45) is 0 Å². The van der Waals surface area contributed by atoms with Gasteiger partial charge < -0.3 is 15.0 Å². The molecule has 2 aromatic rings. The first-order valence-corrected chi connectivity index (χ1v) is 6.12. The SMILES string of the molecule is COc1ccc(C)cc1C(=O)NCCc1ncc[nH]1. The zero-order chi connectivity index (χ0) is 13.7. The average molecular weight is 259 g/mol. The molecule has 2 N–H and O–H groups in total. The number of carbonyl (C=O) groups is 1. The number of methoxy groups -OCH3 is 1. The third-order valence-electron chi connectivity index (χ3n) is 2.80. The van der Waals surface area contributed by atoms with Crippen LogP contribution in [0.4, 0.5) is 0 Å². The number of nitrogens with one attached hydrogen (secondary N) is 2. The van der Waals surface area contributed by atoms with Crippen molar-refractivity contribution >= 4 is 5.91 Å². The van der Waals surface area contributed by atoms with Crippen LogP contribution in [0.3, 0.4) is 0 Å². The van der Waals surface area contributed by atoms with Crippen LogP contribution in [0.25, 0.3) is 0 Å². The van der Waals surface area contributed by atoms with Gasteiger partial charge in [-0.3, -0.25) is 4.79 Å². The molecule has 1 aromatic heterocycles. The number of rotatable bonds is 5. The van der Waals surface area contributed by atoms with Gasteiger partial charge in [0.25, 0.3) is 5.91 Å². The summed E-state index contributed by atoms with van der Waals surface area (Å²) in [6, 6.07) is 5.54. The van der Waals surface area contributed by atoms with Crippen molar-refractivity contribution in [2.75, 3.05) is 13.7 Å². The lowest BCUT2D eigenvalue weighted by Crippen LogP contribution is -2.26. The number of ether oxygens (including phenoxy) is 1. The highest BCUT2D eigenvalue weighted by molar-refractivity contribution is 5.97. The number of aromatic nitrogens is 2. The first-order chi connectivity index (χ1) is 9.20. The van der Waals surface area contributed by atoms with Crippen molar-refractivity contribution in [3.8, 4) is 5.75 Å². The Morgan fingerprint density at radius 2 is 2.32 bits per heavy atom. The second-order valence-electron chi connectivity index (χ2n) is 4.25. The van der Waals surface area contributed by atoms with Gasteiger partial charge in [0.05, 0.1) is 12.7 Å². The Balaban J connectivity index is 1.97. The summed E-state index contributed by atoms with van der Waals surface area (Å²) >= 11 is 0. The van der Waals surface area contributed by atoms with Gasteiger partial charge in [-0.05, 0) is 19.1 Å². The molecular formula is C14H17N3O2. The molecule has 0 saturated heterocycles. The smallest absolute Gasteiger partial charge is 0.255 e. The summed E-state index contributed by atoms with van der Waals surface area (Å²) in [7, 11) is 1.56. The monoisotopic (exact) mass is 259 g/mol. The van der Waals surface area contributed by atoms with Crippen LogP contribution in [0.2, 0.25) is 0 Å². The van der Waals surface area contributed by atoms with E-state index < -0.39 is 0 Å². The van der Waals surface area contributed by atoms with E-state index >= 15 is 0 Å². The van der Waals surface area contributed by atoms with Gasteiger partial charge in [0, 0.05) is 25.4 Å². The van der Waals surface area contributed by atoms with Crippen LogP contribution in [0.15, 0.2) is 30.6 Å². The number of aryl methyl sites for hydroxylation is 1. The summed E-state index contributed by atoms with van der Waals surface area (Å²) in [6.45, 7) is 2.47. The van der Waals surface area contributed by atoms with Crippen LogP contribution in [-0.4, -0.2) is 29.5 Å². The molecule has 5 heteroatoms. The highest BCUT2D eigenvalue weighted by Crippen LogP contribution is 2.19. The molecule has 2 rings (SSSR count). The molecule has 1 amide bonds. The fourth-order valence-corrected chi connectivity index (χ4v) is 1.82. The molecule has 0 aliphatic carbocycles. The maximum Gasteiger partial charge on any atom is 0.255 e. The Morgan fingerprint density at radius 3 is 3.00 bits per heavy atom. The third-order valence-corrected chi connectivity index (χ3v) is 2.80. The highest BCUT2D eigenvalue weighted by Gasteiger charge is 2.11. The number of hydrogen-bond donors (Lipinski definition) is 2. The average Bonchev–Trinajstić information content (AvgIpc) is 2.91. The highest BCUT2D eigenvalue weighted by atomic mass is 16.5. The normalized spacial score (nSPS) is 10.2. The molecule has 0 radical (unpaired) electrons. The van der Waals surface area contributed by atoms with Gasteiger partial charge in [-0.15, -0.1) is 0 Å². The summed E-state index contributed by atoms with van der Waals surface area (Å²) < 4.78 is 5.19. The fourth-order valence-electron chi connectivity index (χ4n) is 1.82. The van der Waals surface area contributed by atoms with E-state index in [1.54, 1.807) is 25.6 Å². The van der Waals surface area contributed by atoms with Gasteiger partial charge in [0.1, 0.15) is 11.6 Å². The first-order valence-electron chi connectivity index (χ1n) is 6.12. The molecule has 19 heavy (non-hydrogen) atoms. The van der Waals surface area contributed by atoms with Crippen LogP contribution < -0.4 is 10.1 Å². The number of nitrogens with zero attached hydrogens (tertiary/aromatic N) is 1. The van der Waals surface area contributed by atoms with Gasteiger partial charge in [-0.1, -0.05) is 11.6 Å². The lowest BCUT2D eigenvalue weighted by molar-refractivity contribution is 0.0951. The quantitative estimate of drug-likeness (QED) is 0.858. The Labute approximate surface area is 112 Å². The molecule has 0 unspecified atom stereocenters. The number of H-pyrrole nitrogens is 1.